The first-order valence-electron chi connectivity index (χ1n) is 8.89. The second-order valence-electron chi connectivity index (χ2n) is 6.34. The lowest BCUT2D eigenvalue weighted by Gasteiger charge is -2.12. The van der Waals surface area contributed by atoms with E-state index in [1.807, 2.05) is 48.7 Å². The minimum atomic E-state index is -0.192. The van der Waals surface area contributed by atoms with Crippen LogP contribution in [0.25, 0.3) is 10.7 Å². The van der Waals surface area contributed by atoms with Gasteiger partial charge in [0.15, 0.2) is 0 Å². The minimum absolute atomic E-state index is 0.161. The number of rotatable bonds is 6. The molecule has 29 heavy (non-hydrogen) atoms. The van der Waals surface area contributed by atoms with Crippen LogP contribution in [0, 0.1) is 0 Å². The van der Waals surface area contributed by atoms with Crippen LogP contribution in [-0.4, -0.2) is 16.0 Å². The normalized spacial score (nSPS) is 11.8. The van der Waals surface area contributed by atoms with Gasteiger partial charge < -0.3 is 15.2 Å². The van der Waals surface area contributed by atoms with E-state index in [2.05, 4.69) is 20.8 Å². The van der Waals surface area contributed by atoms with E-state index in [1.165, 1.54) is 0 Å². The van der Waals surface area contributed by atoms with Crippen molar-refractivity contribution in [2.45, 2.75) is 13.0 Å². The molecule has 0 radical (unpaired) electrons. The molecule has 0 spiro atoms. The van der Waals surface area contributed by atoms with Crippen LogP contribution in [0.3, 0.4) is 0 Å². The van der Waals surface area contributed by atoms with Crippen molar-refractivity contribution in [3.63, 3.8) is 0 Å². The van der Waals surface area contributed by atoms with Gasteiger partial charge in [0.25, 0.3) is 5.91 Å². The van der Waals surface area contributed by atoms with Gasteiger partial charge in [0, 0.05) is 22.0 Å². The fraction of sp³-hybridized carbons (Fsp3) is 0.0952. The van der Waals surface area contributed by atoms with Gasteiger partial charge in [-0.05, 0) is 66.9 Å². The number of anilines is 2. The largest absolute Gasteiger partial charge is 0.374 e. The number of nitrogens with one attached hydrogen (secondary N) is 2. The van der Waals surface area contributed by atoms with E-state index >= 15 is 0 Å². The van der Waals surface area contributed by atoms with Crippen LogP contribution < -0.4 is 10.6 Å². The first-order chi connectivity index (χ1) is 14.1. The van der Waals surface area contributed by atoms with Crippen molar-refractivity contribution in [2.24, 2.45) is 0 Å². The first kappa shape index (κ1) is 19.2. The Labute approximate surface area is 176 Å². The number of amides is 1. The molecule has 4 rings (SSSR count). The van der Waals surface area contributed by atoms with Crippen molar-refractivity contribution in [1.82, 2.24) is 10.1 Å². The van der Waals surface area contributed by atoms with E-state index in [-0.39, 0.29) is 11.9 Å². The first-order valence-corrected chi connectivity index (χ1v) is 10.2. The minimum Gasteiger partial charge on any atom is -0.374 e. The fourth-order valence-corrected chi connectivity index (χ4v) is 3.46. The summed E-state index contributed by atoms with van der Waals surface area (Å²) in [5.74, 6) is 0.903. The molecule has 2 N–H and O–H groups in total. The van der Waals surface area contributed by atoms with Crippen LogP contribution in [0.15, 0.2) is 70.6 Å². The molecule has 0 saturated carbocycles. The summed E-state index contributed by atoms with van der Waals surface area (Å²) < 4.78 is 5.37. The molecule has 2 aromatic heterocycles. The van der Waals surface area contributed by atoms with Crippen molar-refractivity contribution in [2.75, 3.05) is 10.6 Å². The summed E-state index contributed by atoms with van der Waals surface area (Å²) in [6.07, 6.45) is 0. The Hall–Kier alpha value is -3.16. The maximum Gasteiger partial charge on any atom is 0.255 e. The Bertz CT molecular complexity index is 1090. The van der Waals surface area contributed by atoms with E-state index in [4.69, 9.17) is 16.1 Å². The van der Waals surface area contributed by atoms with Gasteiger partial charge in [-0.3, -0.25) is 4.79 Å². The van der Waals surface area contributed by atoms with Gasteiger partial charge in [0.2, 0.25) is 11.7 Å². The lowest BCUT2D eigenvalue weighted by atomic mass is 10.2. The number of carbonyl (C=O) groups excluding carboxylic acids is 1. The zero-order chi connectivity index (χ0) is 20.2. The molecule has 0 saturated heterocycles. The summed E-state index contributed by atoms with van der Waals surface area (Å²) in [6, 6.07) is 17.9. The number of halogens is 1. The van der Waals surface area contributed by atoms with Crippen LogP contribution in [0.1, 0.15) is 29.2 Å². The highest BCUT2D eigenvalue weighted by Crippen LogP contribution is 2.25. The van der Waals surface area contributed by atoms with Crippen molar-refractivity contribution < 1.29 is 9.32 Å². The molecule has 1 atom stereocenters. The fourth-order valence-electron chi connectivity index (χ4n) is 2.68. The summed E-state index contributed by atoms with van der Waals surface area (Å²) in [5.41, 5.74) is 2.11. The molecule has 0 aliphatic heterocycles. The lowest BCUT2D eigenvalue weighted by Crippen LogP contribution is -2.12. The molecule has 1 amide bonds. The predicted octanol–water partition coefficient (Wildman–Crippen LogP) is 5.88. The zero-order valence-corrected chi connectivity index (χ0v) is 17.0. The smallest absolute Gasteiger partial charge is 0.255 e. The Kier molecular flexibility index (Phi) is 5.59. The zero-order valence-electron chi connectivity index (χ0n) is 15.4. The summed E-state index contributed by atoms with van der Waals surface area (Å²) in [7, 11) is 0. The molecular formula is C21H17ClN4O2S. The van der Waals surface area contributed by atoms with Crippen LogP contribution >= 0.6 is 22.9 Å². The van der Waals surface area contributed by atoms with E-state index < -0.39 is 0 Å². The van der Waals surface area contributed by atoms with Crippen molar-refractivity contribution in [3.8, 4) is 10.7 Å². The highest BCUT2D eigenvalue weighted by molar-refractivity contribution is 7.13. The standard InChI is InChI=1S/C21H17ClN4O2S/c1-13(21-25-19(26-28-21)18-3-2-12-29-18)23-16-8-10-17(11-9-16)24-20(27)14-4-6-15(22)7-5-14/h2-13,23H,1H3,(H,24,27). The van der Waals surface area contributed by atoms with Crippen LogP contribution in [0.5, 0.6) is 0 Å². The highest BCUT2D eigenvalue weighted by Gasteiger charge is 2.15. The summed E-state index contributed by atoms with van der Waals surface area (Å²) in [5, 5.41) is 12.8. The second kappa shape index (κ2) is 8.46. The van der Waals surface area contributed by atoms with Crippen molar-refractivity contribution in [3.05, 3.63) is 82.5 Å². The predicted molar refractivity (Wildman–Crippen MR) is 115 cm³/mol. The Morgan fingerprint density at radius 1 is 1.07 bits per heavy atom. The highest BCUT2D eigenvalue weighted by atomic mass is 35.5. The molecule has 4 aromatic rings. The number of benzene rings is 2. The second-order valence-corrected chi connectivity index (χ2v) is 7.72. The molecule has 0 aliphatic carbocycles. The number of thiophene rings is 1. The summed E-state index contributed by atoms with van der Waals surface area (Å²) in [6.45, 7) is 1.95. The van der Waals surface area contributed by atoms with Gasteiger partial charge in [-0.1, -0.05) is 22.8 Å². The molecular weight excluding hydrogens is 408 g/mol. The Balaban J connectivity index is 1.38. The molecule has 0 aliphatic rings. The van der Waals surface area contributed by atoms with Gasteiger partial charge in [0.1, 0.15) is 6.04 Å². The maximum atomic E-state index is 12.3. The monoisotopic (exact) mass is 424 g/mol. The molecule has 0 bridgehead atoms. The maximum absolute atomic E-state index is 12.3. The number of carbonyl (C=O) groups is 1. The van der Waals surface area contributed by atoms with Crippen LogP contribution in [0.4, 0.5) is 11.4 Å². The number of aromatic nitrogens is 2. The quantitative estimate of drug-likeness (QED) is 0.404. The lowest BCUT2D eigenvalue weighted by molar-refractivity contribution is 0.102. The van der Waals surface area contributed by atoms with Gasteiger partial charge in [-0.25, -0.2) is 0 Å². The third kappa shape index (κ3) is 4.64. The summed E-state index contributed by atoms with van der Waals surface area (Å²) >= 11 is 7.42. The van der Waals surface area contributed by atoms with Gasteiger partial charge in [-0.15, -0.1) is 11.3 Å². The molecule has 2 aromatic carbocycles. The number of nitrogens with zero attached hydrogens (tertiary/aromatic N) is 2. The van der Waals surface area contributed by atoms with Crippen LogP contribution in [-0.2, 0) is 0 Å². The number of hydrogen-bond donors (Lipinski definition) is 2. The third-order valence-corrected chi connectivity index (χ3v) is 5.30. The molecule has 2 heterocycles. The molecule has 8 heteroatoms. The van der Waals surface area contributed by atoms with Gasteiger partial charge in [-0.2, -0.15) is 4.98 Å². The topological polar surface area (TPSA) is 80.0 Å². The van der Waals surface area contributed by atoms with Crippen molar-refractivity contribution in [1.29, 1.82) is 0 Å². The van der Waals surface area contributed by atoms with E-state index in [0.717, 1.165) is 10.6 Å². The molecule has 0 fully saturated rings. The van der Waals surface area contributed by atoms with Gasteiger partial charge >= 0.3 is 0 Å². The molecule has 1 unspecified atom stereocenters. The average molecular weight is 425 g/mol. The van der Waals surface area contributed by atoms with E-state index in [0.29, 0.717) is 28.0 Å². The summed E-state index contributed by atoms with van der Waals surface area (Å²) in [4.78, 5) is 17.7. The van der Waals surface area contributed by atoms with Gasteiger partial charge in [0.05, 0.1) is 4.88 Å². The van der Waals surface area contributed by atoms with Crippen LogP contribution in [0.2, 0.25) is 5.02 Å². The Morgan fingerprint density at radius 2 is 1.79 bits per heavy atom. The molecule has 6 nitrogen and oxygen atoms in total. The molecule has 146 valence electrons. The van der Waals surface area contributed by atoms with Crippen molar-refractivity contribution >= 4 is 40.2 Å². The number of hydrogen-bond acceptors (Lipinski definition) is 6. The van der Waals surface area contributed by atoms with E-state index in [1.54, 1.807) is 35.6 Å². The third-order valence-electron chi connectivity index (χ3n) is 4.19. The average Bonchev–Trinajstić information content (AvgIpc) is 3.42. The SMILES string of the molecule is CC(Nc1ccc(NC(=O)c2ccc(Cl)cc2)cc1)c1nc(-c2cccs2)no1. The van der Waals surface area contributed by atoms with E-state index in [9.17, 15) is 4.79 Å². The Morgan fingerprint density at radius 3 is 2.48 bits per heavy atom.